The molecular weight excluding hydrogens is 358 g/mol. The lowest BCUT2D eigenvalue weighted by Gasteiger charge is -2.01. The van der Waals surface area contributed by atoms with Gasteiger partial charge in [-0.25, -0.2) is 5.43 Å². The number of hydrogen-bond acceptors (Lipinski definition) is 5. The summed E-state index contributed by atoms with van der Waals surface area (Å²) in [7, 11) is 0. The van der Waals surface area contributed by atoms with E-state index in [0.717, 1.165) is 11.1 Å². The molecule has 0 saturated carbocycles. The van der Waals surface area contributed by atoms with E-state index in [1.807, 2.05) is 36.4 Å². The number of rotatable bonds is 7. The lowest BCUT2D eigenvalue weighted by atomic mass is 10.2. The summed E-state index contributed by atoms with van der Waals surface area (Å²) in [6, 6.07) is 17.5. The number of aromatic nitrogens is 2. The van der Waals surface area contributed by atoms with E-state index in [-0.39, 0.29) is 11.4 Å². The number of nitrogens with one attached hydrogen (secondary N) is 1. The topological polar surface area (TPSA) is 102 Å². The highest BCUT2D eigenvalue weighted by molar-refractivity contribution is 5.92. The van der Waals surface area contributed by atoms with E-state index in [1.54, 1.807) is 35.2 Å². The normalized spacial score (nSPS) is 11.1. The van der Waals surface area contributed by atoms with E-state index in [1.165, 1.54) is 18.3 Å². The summed E-state index contributed by atoms with van der Waals surface area (Å²) < 4.78 is 1.58. The minimum Gasteiger partial charge on any atom is -0.268 e. The minimum absolute atomic E-state index is 0.0310. The van der Waals surface area contributed by atoms with Crippen molar-refractivity contribution in [3.05, 3.63) is 99.9 Å². The van der Waals surface area contributed by atoms with Gasteiger partial charge < -0.3 is 0 Å². The van der Waals surface area contributed by atoms with E-state index in [4.69, 9.17) is 0 Å². The Morgan fingerprint density at radius 2 is 1.89 bits per heavy atom. The summed E-state index contributed by atoms with van der Waals surface area (Å²) in [5, 5.41) is 18.7. The third-order valence-corrected chi connectivity index (χ3v) is 3.78. The molecule has 0 unspecified atom stereocenters. The smallest absolute Gasteiger partial charge is 0.268 e. The summed E-state index contributed by atoms with van der Waals surface area (Å²) in [6.45, 7) is 0.397. The predicted octanol–water partition coefficient (Wildman–Crippen LogP) is 3.27. The second-order valence-corrected chi connectivity index (χ2v) is 5.81. The molecule has 0 radical (unpaired) electrons. The Labute approximate surface area is 161 Å². The molecule has 1 amide bonds. The van der Waals surface area contributed by atoms with Crippen molar-refractivity contribution in [3.8, 4) is 0 Å². The van der Waals surface area contributed by atoms with E-state index < -0.39 is 10.8 Å². The van der Waals surface area contributed by atoms with Crippen LogP contribution in [-0.2, 0) is 6.54 Å². The number of carbonyl (C=O) groups is 1. The average Bonchev–Trinajstić information content (AvgIpc) is 3.17. The van der Waals surface area contributed by atoms with Gasteiger partial charge in [-0.1, -0.05) is 48.5 Å². The van der Waals surface area contributed by atoms with Gasteiger partial charge in [0.2, 0.25) is 0 Å². The van der Waals surface area contributed by atoms with Crippen molar-refractivity contribution in [2.24, 2.45) is 5.10 Å². The molecule has 1 N–H and O–H groups in total. The molecule has 0 aliphatic rings. The summed E-state index contributed by atoms with van der Waals surface area (Å²) >= 11 is 0. The van der Waals surface area contributed by atoms with Crippen LogP contribution in [0.25, 0.3) is 6.08 Å². The molecule has 8 nitrogen and oxygen atoms in total. The van der Waals surface area contributed by atoms with E-state index >= 15 is 0 Å². The second-order valence-electron chi connectivity index (χ2n) is 5.81. The van der Waals surface area contributed by atoms with Crippen molar-refractivity contribution < 1.29 is 9.72 Å². The van der Waals surface area contributed by atoms with Crippen LogP contribution < -0.4 is 5.43 Å². The van der Waals surface area contributed by atoms with Crippen LogP contribution in [0.1, 0.15) is 21.6 Å². The van der Waals surface area contributed by atoms with Crippen LogP contribution in [0, 0.1) is 10.1 Å². The summed E-state index contributed by atoms with van der Waals surface area (Å²) in [5.74, 6) is -0.424. The molecule has 0 spiro atoms. The number of carbonyl (C=O) groups excluding carboxylic acids is 1. The Kier molecular flexibility index (Phi) is 6.04. The van der Waals surface area contributed by atoms with Crippen LogP contribution in [0.3, 0.4) is 0 Å². The first kappa shape index (κ1) is 18.7. The highest BCUT2D eigenvalue weighted by Gasteiger charge is 2.09. The molecule has 0 atom stereocenters. The zero-order chi connectivity index (χ0) is 19.8. The zero-order valence-electron chi connectivity index (χ0n) is 14.8. The van der Waals surface area contributed by atoms with Crippen molar-refractivity contribution >= 4 is 23.9 Å². The van der Waals surface area contributed by atoms with Gasteiger partial charge in [-0.05, 0) is 23.3 Å². The number of allylic oxidation sites excluding steroid dienone is 1. The third-order valence-electron chi connectivity index (χ3n) is 3.78. The van der Waals surface area contributed by atoms with Crippen molar-refractivity contribution in [2.45, 2.75) is 6.54 Å². The monoisotopic (exact) mass is 375 g/mol. The van der Waals surface area contributed by atoms with Gasteiger partial charge in [-0.2, -0.15) is 10.2 Å². The molecular formula is C20H17N5O3. The Morgan fingerprint density at radius 1 is 1.14 bits per heavy atom. The van der Waals surface area contributed by atoms with Crippen LogP contribution in [0.4, 0.5) is 5.69 Å². The van der Waals surface area contributed by atoms with Gasteiger partial charge in [-0.15, -0.1) is 0 Å². The molecule has 0 fully saturated rings. The lowest BCUT2D eigenvalue weighted by Crippen LogP contribution is -2.18. The fourth-order valence-corrected chi connectivity index (χ4v) is 2.40. The number of hydrazone groups is 1. The highest BCUT2D eigenvalue weighted by atomic mass is 16.6. The Morgan fingerprint density at radius 3 is 2.61 bits per heavy atom. The number of nitrogens with zero attached hydrogens (tertiary/aromatic N) is 4. The molecule has 1 aromatic heterocycles. The standard InChI is InChI=1S/C20H17N5O3/c26-20(22-21-13-4-7-16-5-2-1-3-6-16)19-12-14-24(23-19)15-17-8-10-18(11-9-17)25(27)28/h1-14H,15H2,(H,22,26)/b7-4+,21-13-. The molecule has 0 aliphatic carbocycles. The molecule has 2 aromatic carbocycles. The lowest BCUT2D eigenvalue weighted by molar-refractivity contribution is -0.384. The van der Waals surface area contributed by atoms with Gasteiger partial charge in [0.15, 0.2) is 5.69 Å². The first-order chi connectivity index (χ1) is 13.6. The van der Waals surface area contributed by atoms with Crippen LogP contribution in [-0.4, -0.2) is 26.8 Å². The van der Waals surface area contributed by atoms with Gasteiger partial charge in [0, 0.05) is 24.5 Å². The number of amides is 1. The fraction of sp³-hybridized carbons (Fsp3) is 0.0500. The Hall–Kier alpha value is -4.07. The molecule has 3 rings (SSSR count). The number of nitro benzene ring substituents is 1. The minimum atomic E-state index is -0.449. The number of benzene rings is 2. The molecule has 0 aliphatic heterocycles. The van der Waals surface area contributed by atoms with E-state index in [2.05, 4.69) is 15.6 Å². The number of nitro groups is 1. The van der Waals surface area contributed by atoms with Crippen molar-refractivity contribution in [3.63, 3.8) is 0 Å². The van der Waals surface area contributed by atoms with Gasteiger partial charge in [-0.3, -0.25) is 19.6 Å². The molecule has 1 heterocycles. The van der Waals surface area contributed by atoms with Crippen LogP contribution in [0.2, 0.25) is 0 Å². The fourth-order valence-electron chi connectivity index (χ4n) is 2.40. The molecule has 0 bridgehead atoms. The first-order valence-electron chi connectivity index (χ1n) is 8.44. The van der Waals surface area contributed by atoms with Gasteiger partial charge in [0.05, 0.1) is 11.5 Å². The maximum atomic E-state index is 12.1. The number of hydrogen-bond donors (Lipinski definition) is 1. The molecule has 28 heavy (non-hydrogen) atoms. The Balaban J connectivity index is 1.52. The maximum absolute atomic E-state index is 12.1. The zero-order valence-corrected chi connectivity index (χ0v) is 14.8. The van der Waals surface area contributed by atoms with Crippen LogP contribution in [0.5, 0.6) is 0 Å². The molecule has 0 saturated heterocycles. The average molecular weight is 375 g/mol. The van der Waals surface area contributed by atoms with Crippen molar-refractivity contribution in [2.75, 3.05) is 0 Å². The van der Waals surface area contributed by atoms with Crippen molar-refractivity contribution in [1.29, 1.82) is 0 Å². The molecule has 140 valence electrons. The molecule has 3 aromatic rings. The second kappa shape index (κ2) is 9.04. The van der Waals surface area contributed by atoms with E-state index in [9.17, 15) is 14.9 Å². The summed E-state index contributed by atoms with van der Waals surface area (Å²) in [4.78, 5) is 22.3. The number of non-ortho nitro benzene ring substituents is 1. The molecule has 8 heteroatoms. The van der Waals surface area contributed by atoms with Crippen LogP contribution in [0.15, 0.2) is 78.0 Å². The van der Waals surface area contributed by atoms with Crippen LogP contribution >= 0.6 is 0 Å². The SMILES string of the molecule is O=C(N/N=C\C=C\c1ccccc1)c1ccn(Cc2ccc([N+](=O)[O-])cc2)n1. The van der Waals surface area contributed by atoms with E-state index in [0.29, 0.717) is 6.54 Å². The predicted molar refractivity (Wildman–Crippen MR) is 106 cm³/mol. The Bertz CT molecular complexity index is 1010. The highest BCUT2D eigenvalue weighted by Crippen LogP contribution is 2.12. The summed E-state index contributed by atoms with van der Waals surface area (Å²) in [6.07, 6.45) is 6.74. The van der Waals surface area contributed by atoms with Gasteiger partial charge in [0.1, 0.15) is 0 Å². The largest absolute Gasteiger partial charge is 0.291 e. The quantitative estimate of drug-likeness (QED) is 0.389. The van der Waals surface area contributed by atoms with Gasteiger partial charge in [0.25, 0.3) is 11.6 Å². The summed E-state index contributed by atoms with van der Waals surface area (Å²) in [5.41, 5.74) is 4.54. The third kappa shape index (κ3) is 5.21. The first-order valence-corrected chi connectivity index (χ1v) is 8.44. The van der Waals surface area contributed by atoms with Crippen molar-refractivity contribution in [1.82, 2.24) is 15.2 Å². The maximum Gasteiger partial charge on any atom is 0.291 e. The van der Waals surface area contributed by atoms with Gasteiger partial charge >= 0.3 is 0 Å².